The number of nitrogens with one attached hydrogen (secondary N) is 1. The van der Waals surface area contributed by atoms with Crippen molar-refractivity contribution in [1.29, 1.82) is 0 Å². The molecule has 120 valence electrons. The van der Waals surface area contributed by atoms with Crippen LogP contribution in [0.4, 0.5) is 5.69 Å². The lowest BCUT2D eigenvalue weighted by molar-refractivity contribution is -0.138. The zero-order valence-electron chi connectivity index (χ0n) is 12.9. The lowest BCUT2D eigenvalue weighted by Gasteiger charge is -2.21. The minimum Gasteiger partial charge on any atom is -0.481 e. The summed E-state index contributed by atoms with van der Waals surface area (Å²) in [6.45, 7) is 3.24. The fraction of sp³-hybridized carbons (Fsp3) is 0.529. The molecule has 0 bridgehead atoms. The molecule has 0 spiro atoms. The number of carboxylic acid groups (broad SMARTS) is 1. The Morgan fingerprint density at radius 3 is 2.50 bits per heavy atom. The van der Waals surface area contributed by atoms with Gasteiger partial charge < -0.3 is 15.2 Å². The molecular formula is C17H23NO4. The molecule has 2 N–H and O–H groups in total. The number of carbonyl (C=O) groups excluding carboxylic acids is 1. The smallest absolute Gasteiger partial charge is 0.310 e. The van der Waals surface area contributed by atoms with Crippen LogP contribution in [-0.4, -0.2) is 30.2 Å². The zero-order valence-corrected chi connectivity index (χ0v) is 12.9. The molecule has 1 aromatic carbocycles. The number of anilines is 1. The van der Waals surface area contributed by atoms with Crippen molar-refractivity contribution in [3.63, 3.8) is 0 Å². The quantitative estimate of drug-likeness (QED) is 0.847. The van der Waals surface area contributed by atoms with Gasteiger partial charge in [-0.1, -0.05) is 12.1 Å². The monoisotopic (exact) mass is 305 g/mol. The van der Waals surface area contributed by atoms with Crippen LogP contribution in [0.3, 0.4) is 0 Å². The van der Waals surface area contributed by atoms with Gasteiger partial charge in [-0.05, 0) is 49.8 Å². The number of carbonyl (C=O) groups is 2. The first-order valence-electron chi connectivity index (χ1n) is 7.76. The molecule has 1 aliphatic rings. The number of hydrogen-bond acceptors (Lipinski definition) is 3. The van der Waals surface area contributed by atoms with Gasteiger partial charge in [0.05, 0.1) is 5.92 Å². The van der Waals surface area contributed by atoms with E-state index >= 15 is 0 Å². The van der Waals surface area contributed by atoms with Gasteiger partial charge in [0, 0.05) is 25.3 Å². The molecule has 1 atom stereocenters. The molecule has 1 heterocycles. The van der Waals surface area contributed by atoms with Crippen molar-refractivity contribution < 1.29 is 19.4 Å². The van der Waals surface area contributed by atoms with Gasteiger partial charge in [-0.2, -0.15) is 0 Å². The van der Waals surface area contributed by atoms with Crippen LogP contribution in [0, 0.1) is 5.92 Å². The maximum atomic E-state index is 11.9. The van der Waals surface area contributed by atoms with Crippen LogP contribution in [0.2, 0.25) is 0 Å². The van der Waals surface area contributed by atoms with Gasteiger partial charge in [0.2, 0.25) is 5.91 Å². The van der Waals surface area contributed by atoms with Crippen LogP contribution in [-0.2, 0) is 14.3 Å². The molecule has 1 unspecified atom stereocenters. The molecule has 1 fully saturated rings. The third-order valence-electron chi connectivity index (χ3n) is 4.19. The standard InChI is InChI=1S/C17H23NO4/c1-12(17(20)21)14-3-5-15(6-4-14)18-16(19)7-2-13-8-10-22-11-9-13/h3-6,12-13H,2,7-11H2,1H3,(H,18,19)(H,20,21). The van der Waals surface area contributed by atoms with Crippen molar-refractivity contribution in [2.75, 3.05) is 18.5 Å². The Morgan fingerprint density at radius 2 is 1.91 bits per heavy atom. The highest BCUT2D eigenvalue weighted by Crippen LogP contribution is 2.21. The first-order chi connectivity index (χ1) is 10.6. The van der Waals surface area contributed by atoms with Crippen LogP contribution in [0.5, 0.6) is 0 Å². The number of amides is 1. The number of benzene rings is 1. The van der Waals surface area contributed by atoms with E-state index in [1.807, 2.05) is 0 Å². The molecule has 5 heteroatoms. The lowest BCUT2D eigenvalue weighted by atomic mass is 9.95. The van der Waals surface area contributed by atoms with Gasteiger partial charge in [-0.25, -0.2) is 0 Å². The Kier molecular flexibility index (Phi) is 5.95. The maximum Gasteiger partial charge on any atom is 0.310 e. The normalized spacial score (nSPS) is 17.0. The molecule has 2 rings (SSSR count). The third-order valence-corrected chi connectivity index (χ3v) is 4.19. The van der Waals surface area contributed by atoms with E-state index in [2.05, 4.69) is 5.32 Å². The van der Waals surface area contributed by atoms with Crippen LogP contribution < -0.4 is 5.32 Å². The second-order valence-electron chi connectivity index (χ2n) is 5.82. The SMILES string of the molecule is CC(C(=O)O)c1ccc(NC(=O)CCC2CCOCC2)cc1. The van der Waals surface area contributed by atoms with Gasteiger partial charge >= 0.3 is 5.97 Å². The summed E-state index contributed by atoms with van der Waals surface area (Å²) in [6, 6.07) is 6.99. The zero-order chi connectivity index (χ0) is 15.9. The first-order valence-corrected chi connectivity index (χ1v) is 7.76. The van der Waals surface area contributed by atoms with Crippen molar-refractivity contribution in [2.24, 2.45) is 5.92 Å². The fourth-order valence-corrected chi connectivity index (χ4v) is 2.59. The van der Waals surface area contributed by atoms with Gasteiger partial charge in [0.15, 0.2) is 0 Å². The minimum absolute atomic E-state index is 0.00512. The summed E-state index contributed by atoms with van der Waals surface area (Å²) in [5.74, 6) is -0.810. The summed E-state index contributed by atoms with van der Waals surface area (Å²) < 4.78 is 5.31. The van der Waals surface area contributed by atoms with Gasteiger partial charge in [-0.15, -0.1) is 0 Å². The largest absolute Gasteiger partial charge is 0.481 e. The van der Waals surface area contributed by atoms with E-state index in [-0.39, 0.29) is 5.91 Å². The number of carboxylic acids is 1. The molecule has 1 aliphatic heterocycles. The van der Waals surface area contributed by atoms with Crippen LogP contribution in [0.25, 0.3) is 0 Å². The molecule has 1 saturated heterocycles. The molecule has 1 amide bonds. The second kappa shape index (κ2) is 7.94. The highest BCUT2D eigenvalue weighted by Gasteiger charge is 2.16. The average molecular weight is 305 g/mol. The summed E-state index contributed by atoms with van der Waals surface area (Å²) in [5.41, 5.74) is 1.44. The predicted octanol–water partition coefficient (Wildman–Crippen LogP) is 3.02. The average Bonchev–Trinajstić information content (AvgIpc) is 2.54. The maximum absolute atomic E-state index is 11.9. The van der Waals surface area contributed by atoms with Crippen LogP contribution in [0.1, 0.15) is 44.1 Å². The van der Waals surface area contributed by atoms with E-state index < -0.39 is 11.9 Å². The molecule has 0 aromatic heterocycles. The van der Waals surface area contributed by atoms with E-state index in [1.54, 1.807) is 31.2 Å². The summed E-state index contributed by atoms with van der Waals surface area (Å²) in [5, 5.41) is 11.8. The Morgan fingerprint density at radius 1 is 1.27 bits per heavy atom. The van der Waals surface area contributed by atoms with Crippen molar-refractivity contribution >= 4 is 17.6 Å². The topological polar surface area (TPSA) is 75.6 Å². The Labute approximate surface area is 130 Å². The van der Waals surface area contributed by atoms with Gasteiger partial charge in [-0.3, -0.25) is 9.59 Å². The van der Waals surface area contributed by atoms with E-state index in [9.17, 15) is 9.59 Å². The number of ether oxygens (including phenoxy) is 1. The molecular weight excluding hydrogens is 282 g/mol. The molecule has 0 saturated carbocycles. The minimum atomic E-state index is -0.853. The molecule has 0 radical (unpaired) electrons. The molecule has 5 nitrogen and oxygen atoms in total. The Hall–Kier alpha value is -1.88. The summed E-state index contributed by atoms with van der Waals surface area (Å²) in [6.07, 6.45) is 3.48. The summed E-state index contributed by atoms with van der Waals surface area (Å²) in [7, 11) is 0. The van der Waals surface area contributed by atoms with E-state index in [0.717, 1.165) is 38.0 Å². The predicted molar refractivity (Wildman–Crippen MR) is 83.9 cm³/mol. The van der Waals surface area contributed by atoms with Gasteiger partial charge in [0.1, 0.15) is 0 Å². The number of aliphatic carboxylic acids is 1. The summed E-state index contributed by atoms with van der Waals surface area (Å²) in [4.78, 5) is 22.9. The van der Waals surface area contributed by atoms with Crippen LogP contribution in [0.15, 0.2) is 24.3 Å². The van der Waals surface area contributed by atoms with Crippen molar-refractivity contribution in [3.05, 3.63) is 29.8 Å². The van der Waals surface area contributed by atoms with E-state index in [4.69, 9.17) is 9.84 Å². The second-order valence-corrected chi connectivity index (χ2v) is 5.82. The lowest BCUT2D eigenvalue weighted by Crippen LogP contribution is -2.18. The van der Waals surface area contributed by atoms with Crippen molar-refractivity contribution in [2.45, 2.75) is 38.5 Å². The van der Waals surface area contributed by atoms with E-state index in [1.165, 1.54) is 0 Å². The highest BCUT2D eigenvalue weighted by atomic mass is 16.5. The number of hydrogen-bond donors (Lipinski definition) is 2. The van der Waals surface area contributed by atoms with Crippen molar-refractivity contribution in [3.8, 4) is 0 Å². The Balaban J connectivity index is 1.79. The highest BCUT2D eigenvalue weighted by molar-refractivity contribution is 5.90. The van der Waals surface area contributed by atoms with Crippen molar-refractivity contribution in [1.82, 2.24) is 0 Å². The van der Waals surface area contributed by atoms with Gasteiger partial charge in [0.25, 0.3) is 0 Å². The van der Waals surface area contributed by atoms with E-state index in [0.29, 0.717) is 18.0 Å². The molecule has 22 heavy (non-hydrogen) atoms. The molecule has 0 aliphatic carbocycles. The molecule has 1 aromatic rings. The first kappa shape index (κ1) is 16.5. The Bertz CT molecular complexity index is 506. The number of rotatable bonds is 6. The van der Waals surface area contributed by atoms with Crippen LogP contribution >= 0.6 is 0 Å². The summed E-state index contributed by atoms with van der Waals surface area (Å²) >= 11 is 0. The fourth-order valence-electron chi connectivity index (χ4n) is 2.59. The third kappa shape index (κ3) is 4.84.